The highest BCUT2D eigenvalue weighted by atomic mass is 127. The monoisotopic (exact) mass is 419 g/mol. The van der Waals surface area contributed by atoms with E-state index in [4.69, 9.17) is 4.74 Å². The average molecular weight is 419 g/mol. The lowest BCUT2D eigenvalue weighted by Crippen LogP contribution is -2.44. The molecule has 1 atom stereocenters. The second kappa shape index (κ2) is 11.6. The van der Waals surface area contributed by atoms with Crippen molar-refractivity contribution in [3.63, 3.8) is 0 Å². The van der Waals surface area contributed by atoms with Crippen LogP contribution in [0, 0.1) is 5.92 Å². The Morgan fingerprint density at radius 3 is 2.59 bits per heavy atom. The first-order valence-electron chi connectivity index (χ1n) is 7.74. The minimum Gasteiger partial charge on any atom is -0.497 e. The Labute approximate surface area is 152 Å². The molecule has 0 saturated heterocycles. The molecule has 0 saturated carbocycles. The van der Waals surface area contributed by atoms with Crippen LogP contribution in [-0.2, 0) is 6.42 Å². The third-order valence-electron chi connectivity index (χ3n) is 3.51. The first kappa shape index (κ1) is 21.0. The van der Waals surface area contributed by atoms with Crippen molar-refractivity contribution in [2.45, 2.75) is 40.2 Å². The standard InChI is InChI=1S/C17H29N3O.HI/c1-6-18-17(20-14(4)13(2)3)19-11-10-15-8-7-9-16(12-15)21-5;/h7-9,12-14H,6,10-11H2,1-5H3,(H2,18,19,20);1H. The Morgan fingerprint density at radius 1 is 1.27 bits per heavy atom. The summed E-state index contributed by atoms with van der Waals surface area (Å²) >= 11 is 0. The molecule has 0 spiro atoms. The number of guanidine groups is 1. The number of ether oxygens (including phenoxy) is 1. The van der Waals surface area contributed by atoms with E-state index >= 15 is 0 Å². The molecule has 0 fully saturated rings. The quantitative estimate of drug-likeness (QED) is 0.404. The number of aliphatic imine (C=N–C) groups is 1. The molecule has 0 aliphatic carbocycles. The van der Waals surface area contributed by atoms with Crippen molar-refractivity contribution in [3.05, 3.63) is 29.8 Å². The fourth-order valence-electron chi connectivity index (χ4n) is 1.83. The van der Waals surface area contributed by atoms with E-state index in [2.05, 4.69) is 55.5 Å². The van der Waals surface area contributed by atoms with E-state index in [1.54, 1.807) is 7.11 Å². The van der Waals surface area contributed by atoms with Gasteiger partial charge in [0.2, 0.25) is 0 Å². The van der Waals surface area contributed by atoms with Gasteiger partial charge in [-0.2, -0.15) is 0 Å². The summed E-state index contributed by atoms with van der Waals surface area (Å²) in [6, 6.07) is 8.55. The summed E-state index contributed by atoms with van der Waals surface area (Å²) in [5.74, 6) is 2.36. The number of benzene rings is 1. The van der Waals surface area contributed by atoms with Crippen LogP contribution in [0.2, 0.25) is 0 Å². The van der Waals surface area contributed by atoms with Crippen LogP contribution in [0.1, 0.15) is 33.3 Å². The number of methoxy groups -OCH3 is 1. The van der Waals surface area contributed by atoms with Crippen LogP contribution in [0.4, 0.5) is 0 Å². The van der Waals surface area contributed by atoms with E-state index in [0.29, 0.717) is 12.0 Å². The summed E-state index contributed by atoms with van der Waals surface area (Å²) < 4.78 is 5.24. The molecule has 1 aromatic carbocycles. The van der Waals surface area contributed by atoms with E-state index in [9.17, 15) is 0 Å². The number of rotatable bonds is 7. The highest BCUT2D eigenvalue weighted by molar-refractivity contribution is 14.0. The third-order valence-corrected chi connectivity index (χ3v) is 3.51. The summed E-state index contributed by atoms with van der Waals surface area (Å²) in [7, 11) is 1.69. The van der Waals surface area contributed by atoms with Crippen LogP contribution in [0.25, 0.3) is 0 Å². The lowest BCUT2D eigenvalue weighted by molar-refractivity contribution is 0.414. The molecule has 126 valence electrons. The summed E-state index contributed by atoms with van der Waals surface area (Å²) in [5, 5.41) is 6.73. The van der Waals surface area contributed by atoms with E-state index in [-0.39, 0.29) is 24.0 Å². The number of halogens is 1. The Hall–Kier alpha value is -0.980. The summed E-state index contributed by atoms with van der Waals surface area (Å²) in [5.41, 5.74) is 1.24. The predicted octanol–water partition coefficient (Wildman–Crippen LogP) is 3.46. The van der Waals surface area contributed by atoms with E-state index in [1.165, 1.54) is 5.56 Å². The van der Waals surface area contributed by atoms with Crippen molar-refractivity contribution in [1.82, 2.24) is 10.6 Å². The van der Waals surface area contributed by atoms with Crippen LogP contribution in [0.15, 0.2) is 29.3 Å². The van der Waals surface area contributed by atoms with Gasteiger partial charge in [0.25, 0.3) is 0 Å². The van der Waals surface area contributed by atoms with Crippen molar-refractivity contribution in [2.24, 2.45) is 10.9 Å². The maximum atomic E-state index is 5.24. The molecule has 2 N–H and O–H groups in total. The number of nitrogens with zero attached hydrogens (tertiary/aromatic N) is 1. The largest absolute Gasteiger partial charge is 0.497 e. The summed E-state index contributed by atoms with van der Waals surface area (Å²) in [4.78, 5) is 4.64. The molecule has 22 heavy (non-hydrogen) atoms. The van der Waals surface area contributed by atoms with Crippen LogP contribution in [0.3, 0.4) is 0 Å². The van der Waals surface area contributed by atoms with Gasteiger partial charge in [-0.1, -0.05) is 26.0 Å². The predicted molar refractivity (Wildman–Crippen MR) is 106 cm³/mol. The minimum absolute atomic E-state index is 0. The fourth-order valence-corrected chi connectivity index (χ4v) is 1.83. The molecule has 0 bridgehead atoms. The second-order valence-corrected chi connectivity index (χ2v) is 5.54. The van der Waals surface area contributed by atoms with Crippen molar-refractivity contribution >= 4 is 29.9 Å². The Kier molecular flexibility index (Phi) is 11.1. The number of nitrogens with one attached hydrogen (secondary N) is 2. The second-order valence-electron chi connectivity index (χ2n) is 5.54. The highest BCUT2D eigenvalue weighted by Gasteiger charge is 2.08. The molecule has 1 rings (SSSR count). The smallest absolute Gasteiger partial charge is 0.191 e. The SMILES string of the molecule is CCNC(=NCCc1cccc(OC)c1)NC(C)C(C)C.I. The Bertz CT molecular complexity index is 449. The molecule has 0 heterocycles. The first-order valence-corrected chi connectivity index (χ1v) is 7.74. The molecule has 4 nitrogen and oxygen atoms in total. The van der Waals surface area contributed by atoms with Crippen LogP contribution < -0.4 is 15.4 Å². The third kappa shape index (κ3) is 7.87. The lowest BCUT2D eigenvalue weighted by atomic mass is 10.1. The molecule has 0 amide bonds. The molecular weight excluding hydrogens is 389 g/mol. The lowest BCUT2D eigenvalue weighted by Gasteiger charge is -2.20. The maximum Gasteiger partial charge on any atom is 0.191 e. The molecule has 1 unspecified atom stereocenters. The van der Waals surface area contributed by atoms with Crippen molar-refractivity contribution < 1.29 is 4.74 Å². The molecule has 5 heteroatoms. The van der Waals surface area contributed by atoms with Gasteiger partial charge >= 0.3 is 0 Å². The highest BCUT2D eigenvalue weighted by Crippen LogP contribution is 2.12. The van der Waals surface area contributed by atoms with E-state index in [0.717, 1.165) is 31.2 Å². The average Bonchev–Trinajstić information content (AvgIpc) is 2.47. The molecule has 0 aliphatic rings. The summed E-state index contributed by atoms with van der Waals surface area (Å²) in [6.07, 6.45) is 0.907. The normalized spacial score (nSPS) is 12.5. The molecule has 0 radical (unpaired) electrons. The fraction of sp³-hybridized carbons (Fsp3) is 0.588. The number of hydrogen-bond acceptors (Lipinski definition) is 2. The van der Waals surface area contributed by atoms with Gasteiger partial charge in [0.05, 0.1) is 7.11 Å². The number of hydrogen-bond donors (Lipinski definition) is 2. The van der Waals surface area contributed by atoms with Gasteiger partial charge in [0, 0.05) is 19.1 Å². The molecule has 1 aromatic rings. The van der Waals surface area contributed by atoms with Gasteiger partial charge in [-0.05, 0) is 43.9 Å². The zero-order valence-electron chi connectivity index (χ0n) is 14.3. The van der Waals surface area contributed by atoms with Gasteiger partial charge in [0.1, 0.15) is 5.75 Å². The van der Waals surface area contributed by atoms with Crippen molar-refractivity contribution in [3.8, 4) is 5.75 Å². The molecular formula is C17H30IN3O. The van der Waals surface area contributed by atoms with Crippen LogP contribution >= 0.6 is 24.0 Å². The minimum atomic E-state index is 0. The maximum absolute atomic E-state index is 5.24. The van der Waals surface area contributed by atoms with Crippen molar-refractivity contribution in [1.29, 1.82) is 0 Å². The van der Waals surface area contributed by atoms with E-state index in [1.807, 2.05) is 12.1 Å². The Morgan fingerprint density at radius 2 is 2.00 bits per heavy atom. The molecule has 0 aromatic heterocycles. The summed E-state index contributed by atoms with van der Waals surface area (Å²) in [6.45, 7) is 10.3. The van der Waals surface area contributed by atoms with Gasteiger partial charge in [0.15, 0.2) is 5.96 Å². The zero-order valence-corrected chi connectivity index (χ0v) is 16.7. The van der Waals surface area contributed by atoms with Gasteiger partial charge in [-0.15, -0.1) is 24.0 Å². The van der Waals surface area contributed by atoms with Crippen LogP contribution in [-0.4, -0.2) is 32.2 Å². The topological polar surface area (TPSA) is 45.7 Å². The zero-order chi connectivity index (χ0) is 15.7. The van der Waals surface area contributed by atoms with Crippen LogP contribution in [0.5, 0.6) is 5.75 Å². The van der Waals surface area contributed by atoms with Crippen molar-refractivity contribution in [2.75, 3.05) is 20.2 Å². The van der Waals surface area contributed by atoms with E-state index < -0.39 is 0 Å². The van der Waals surface area contributed by atoms with Gasteiger partial charge in [-0.3, -0.25) is 4.99 Å². The van der Waals surface area contributed by atoms with Gasteiger partial charge in [-0.25, -0.2) is 0 Å². The molecule has 0 aliphatic heterocycles. The Balaban J connectivity index is 0.00000441. The van der Waals surface area contributed by atoms with Gasteiger partial charge < -0.3 is 15.4 Å². The first-order chi connectivity index (χ1) is 10.1.